The molecule has 2 aromatic carbocycles. The first-order valence-corrected chi connectivity index (χ1v) is 10.8. The fraction of sp³-hybridized carbons (Fsp3) is 0.238. The fourth-order valence-corrected chi connectivity index (χ4v) is 3.88. The third-order valence-corrected chi connectivity index (χ3v) is 5.73. The molecule has 0 saturated carbocycles. The molecule has 0 bridgehead atoms. The average Bonchev–Trinajstić information content (AvgIpc) is 3.00. The minimum absolute atomic E-state index is 0.105. The molecule has 0 spiro atoms. The molecule has 0 saturated heterocycles. The Labute approximate surface area is 170 Å². The standard InChI is InChI=1S/C21H24N4O3S/c1-4-16-7-5-6-8-17(16)11-21(26)23-18-9-10-19(20(12-18)29(22,27)28)25-13-14(2)15(3)24-25/h5-10,12-13H,4,11H2,1-3H3,(H,23,26)(H2,22,27,28). The molecule has 0 radical (unpaired) electrons. The smallest absolute Gasteiger partial charge is 0.240 e. The number of nitrogens with two attached hydrogens (primary N) is 1. The molecule has 7 nitrogen and oxygen atoms in total. The van der Waals surface area contributed by atoms with Gasteiger partial charge in [0.25, 0.3) is 0 Å². The highest BCUT2D eigenvalue weighted by atomic mass is 32.2. The largest absolute Gasteiger partial charge is 0.326 e. The molecule has 3 rings (SSSR count). The maximum absolute atomic E-state index is 12.5. The van der Waals surface area contributed by atoms with Crippen LogP contribution in [0.3, 0.4) is 0 Å². The van der Waals surface area contributed by atoms with Crippen molar-refractivity contribution in [2.75, 3.05) is 5.32 Å². The van der Waals surface area contributed by atoms with E-state index in [-0.39, 0.29) is 17.2 Å². The maximum atomic E-state index is 12.5. The Morgan fingerprint density at radius 3 is 2.41 bits per heavy atom. The number of sulfonamides is 1. The fourth-order valence-electron chi connectivity index (χ4n) is 3.13. The SMILES string of the molecule is CCc1ccccc1CC(=O)Nc1ccc(-n2cc(C)c(C)n2)c(S(N)(=O)=O)c1. The van der Waals surface area contributed by atoms with Crippen molar-refractivity contribution in [1.29, 1.82) is 0 Å². The van der Waals surface area contributed by atoms with Crippen LogP contribution in [0.2, 0.25) is 0 Å². The van der Waals surface area contributed by atoms with Gasteiger partial charge in [0.1, 0.15) is 4.90 Å². The molecular formula is C21H24N4O3S. The quantitative estimate of drug-likeness (QED) is 0.649. The Bertz CT molecular complexity index is 1150. The number of aryl methyl sites for hydroxylation is 3. The lowest BCUT2D eigenvalue weighted by Gasteiger charge is -2.12. The average molecular weight is 413 g/mol. The van der Waals surface area contributed by atoms with Crippen molar-refractivity contribution < 1.29 is 13.2 Å². The molecule has 0 fully saturated rings. The molecular weight excluding hydrogens is 388 g/mol. The number of aromatic nitrogens is 2. The predicted molar refractivity (Wildman–Crippen MR) is 113 cm³/mol. The van der Waals surface area contributed by atoms with Gasteiger partial charge in [0.05, 0.1) is 17.8 Å². The van der Waals surface area contributed by atoms with Gasteiger partial charge < -0.3 is 5.32 Å². The minimum atomic E-state index is -4.03. The highest BCUT2D eigenvalue weighted by Gasteiger charge is 2.18. The zero-order valence-electron chi connectivity index (χ0n) is 16.6. The van der Waals surface area contributed by atoms with E-state index in [4.69, 9.17) is 5.14 Å². The van der Waals surface area contributed by atoms with Gasteiger partial charge in [0, 0.05) is 11.9 Å². The predicted octanol–water partition coefficient (Wildman–Crippen LogP) is 2.88. The molecule has 8 heteroatoms. The van der Waals surface area contributed by atoms with E-state index < -0.39 is 10.0 Å². The molecule has 3 aromatic rings. The summed E-state index contributed by atoms with van der Waals surface area (Å²) in [7, 11) is -4.03. The summed E-state index contributed by atoms with van der Waals surface area (Å²) in [4.78, 5) is 12.4. The van der Waals surface area contributed by atoms with Gasteiger partial charge >= 0.3 is 0 Å². The van der Waals surface area contributed by atoms with Crippen LogP contribution in [0.5, 0.6) is 0 Å². The van der Waals surface area contributed by atoms with Crippen LogP contribution in [0.4, 0.5) is 5.69 Å². The van der Waals surface area contributed by atoms with Gasteiger partial charge in [-0.15, -0.1) is 0 Å². The van der Waals surface area contributed by atoms with E-state index >= 15 is 0 Å². The number of nitrogens with one attached hydrogen (secondary N) is 1. The van der Waals surface area contributed by atoms with Crippen molar-refractivity contribution in [3.63, 3.8) is 0 Å². The van der Waals surface area contributed by atoms with Crippen molar-refractivity contribution in [2.24, 2.45) is 5.14 Å². The number of carbonyl (C=O) groups excluding carboxylic acids is 1. The van der Waals surface area contributed by atoms with Crippen LogP contribution < -0.4 is 10.5 Å². The second-order valence-corrected chi connectivity index (χ2v) is 8.45. The van der Waals surface area contributed by atoms with Crippen LogP contribution in [-0.2, 0) is 27.7 Å². The van der Waals surface area contributed by atoms with Gasteiger partial charge in [-0.2, -0.15) is 5.10 Å². The summed E-state index contributed by atoms with van der Waals surface area (Å²) < 4.78 is 25.8. The Morgan fingerprint density at radius 2 is 1.83 bits per heavy atom. The van der Waals surface area contributed by atoms with Crippen LogP contribution in [0.1, 0.15) is 29.3 Å². The molecule has 0 aliphatic heterocycles. The van der Waals surface area contributed by atoms with E-state index in [1.54, 1.807) is 18.3 Å². The summed E-state index contributed by atoms with van der Waals surface area (Å²) in [6.45, 7) is 5.76. The molecule has 152 valence electrons. The molecule has 0 atom stereocenters. The van der Waals surface area contributed by atoms with Crippen LogP contribution in [0.25, 0.3) is 5.69 Å². The van der Waals surface area contributed by atoms with Crippen LogP contribution in [0, 0.1) is 13.8 Å². The highest BCUT2D eigenvalue weighted by molar-refractivity contribution is 7.89. The molecule has 3 N–H and O–H groups in total. The topological polar surface area (TPSA) is 107 Å². The second-order valence-electron chi connectivity index (χ2n) is 6.92. The first-order valence-electron chi connectivity index (χ1n) is 9.25. The molecule has 1 heterocycles. The summed E-state index contributed by atoms with van der Waals surface area (Å²) in [5, 5.41) is 12.5. The van der Waals surface area contributed by atoms with Gasteiger partial charge in [0.2, 0.25) is 15.9 Å². The number of primary sulfonamides is 1. The van der Waals surface area contributed by atoms with E-state index in [0.29, 0.717) is 11.4 Å². The van der Waals surface area contributed by atoms with Crippen molar-refractivity contribution in [2.45, 2.75) is 38.5 Å². The lowest BCUT2D eigenvalue weighted by Crippen LogP contribution is -2.18. The van der Waals surface area contributed by atoms with Crippen LogP contribution in [0.15, 0.2) is 53.6 Å². The number of rotatable bonds is 6. The third kappa shape index (κ3) is 4.72. The van der Waals surface area contributed by atoms with E-state index in [2.05, 4.69) is 10.4 Å². The van der Waals surface area contributed by atoms with Gasteiger partial charge in [-0.05, 0) is 55.2 Å². The zero-order chi connectivity index (χ0) is 21.2. The Kier molecular flexibility index (Phi) is 5.86. The first-order chi connectivity index (χ1) is 13.7. The molecule has 0 unspecified atom stereocenters. The molecule has 0 aliphatic carbocycles. The van der Waals surface area contributed by atoms with Gasteiger partial charge in [-0.3, -0.25) is 4.79 Å². The van der Waals surface area contributed by atoms with Crippen LogP contribution >= 0.6 is 0 Å². The number of hydrogen-bond donors (Lipinski definition) is 2. The van der Waals surface area contributed by atoms with E-state index in [1.807, 2.05) is 45.0 Å². The number of benzene rings is 2. The van der Waals surface area contributed by atoms with Crippen molar-refractivity contribution in [1.82, 2.24) is 9.78 Å². The summed E-state index contributed by atoms with van der Waals surface area (Å²) in [6, 6.07) is 12.3. The monoisotopic (exact) mass is 412 g/mol. The first kappa shape index (κ1) is 20.8. The number of hydrogen-bond acceptors (Lipinski definition) is 4. The number of carbonyl (C=O) groups is 1. The summed E-state index contributed by atoms with van der Waals surface area (Å²) in [5.74, 6) is -0.232. The summed E-state index contributed by atoms with van der Waals surface area (Å²) >= 11 is 0. The lowest BCUT2D eigenvalue weighted by molar-refractivity contribution is -0.115. The maximum Gasteiger partial charge on any atom is 0.240 e. The minimum Gasteiger partial charge on any atom is -0.326 e. The molecule has 29 heavy (non-hydrogen) atoms. The van der Waals surface area contributed by atoms with Crippen LogP contribution in [-0.4, -0.2) is 24.1 Å². The van der Waals surface area contributed by atoms with Crippen molar-refractivity contribution in [3.8, 4) is 5.69 Å². The zero-order valence-corrected chi connectivity index (χ0v) is 17.5. The van der Waals surface area contributed by atoms with Gasteiger partial charge in [0.15, 0.2) is 0 Å². The van der Waals surface area contributed by atoms with Gasteiger partial charge in [-0.1, -0.05) is 31.2 Å². The van der Waals surface area contributed by atoms with E-state index in [0.717, 1.165) is 28.8 Å². The number of anilines is 1. The third-order valence-electron chi connectivity index (χ3n) is 4.79. The van der Waals surface area contributed by atoms with Gasteiger partial charge in [-0.25, -0.2) is 18.2 Å². The molecule has 1 amide bonds. The Hall–Kier alpha value is -2.97. The number of amides is 1. The lowest BCUT2D eigenvalue weighted by atomic mass is 10.0. The normalized spacial score (nSPS) is 11.4. The summed E-state index contributed by atoms with van der Waals surface area (Å²) in [6.07, 6.45) is 2.77. The Morgan fingerprint density at radius 1 is 1.14 bits per heavy atom. The Balaban J connectivity index is 1.90. The van der Waals surface area contributed by atoms with Crippen molar-refractivity contribution >= 4 is 21.6 Å². The molecule has 1 aromatic heterocycles. The van der Waals surface area contributed by atoms with E-state index in [9.17, 15) is 13.2 Å². The van der Waals surface area contributed by atoms with Crippen molar-refractivity contribution in [3.05, 3.63) is 71.0 Å². The second kappa shape index (κ2) is 8.18. The highest BCUT2D eigenvalue weighted by Crippen LogP contribution is 2.24. The summed E-state index contributed by atoms with van der Waals surface area (Å²) in [5.41, 5.74) is 4.45. The van der Waals surface area contributed by atoms with E-state index in [1.165, 1.54) is 10.7 Å². The molecule has 0 aliphatic rings. The number of nitrogens with zero attached hydrogens (tertiary/aromatic N) is 2.